The lowest BCUT2D eigenvalue weighted by Gasteiger charge is -2.12. The molecule has 1 aliphatic heterocycles. The molecule has 0 spiro atoms. The van der Waals surface area contributed by atoms with Crippen LogP contribution in [0.2, 0.25) is 0 Å². The van der Waals surface area contributed by atoms with Gasteiger partial charge >= 0.3 is 5.97 Å². The van der Waals surface area contributed by atoms with Crippen molar-refractivity contribution in [2.24, 2.45) is 10.2 Å². The molecular formula is C16H17N3O5S. The first-order valence-corrected chi connectivity index (χ1v) is 7.96. The lowest BCUT2D eigenvalue weighted by molar-refractivity contribution is -0.135. The van der Waals surface area contributed by atoms with Crippen LogP contribution in [0.15, 0.2) is 27.3 Å². The van der Waals surface area contributed by atoms with Crippen LogP contribution < -0.4 is 10.1 Å². The molecule has 1 aromatic carbocycles. The molecule has 1 fully saturated rings. The van der Waals surface area contributed by atoms with Crippen LogP contribution in [0.3, 0.4) is 0 Å². The summed E-state index contributed by atoms with van der Waals surface area (Å²) in [5.74, 6) is -0.386. The van der Waals surface area contributed by atoms with E-state index < -0.39 is 11.9 Å². The zero-order valence-electron chi connectivity index (χ0n) is 14.1. The van der Waals surface area contributed by atoms with Gasteiger partial charge in [0.15, 0.2) is 5.17 Å². The zero-order chi connectivity index (χ0) is 18.6. The molecule has 9 heteroatoms. The van der Waals surface area contributed by atoms with Crippen molar-refractivity contribution in [1.82, 2.24) is 5.32 Å². The first-order chi connectivity index (χ1) is 11.9. The normalized spacial score (nSPS) is 17.4. The molecule has 0 radical (unpaired) electrons. The Morgan fingerprint density at radius 3 is 2.72 bits per heavy atom. The van der Waals surface area contributed by atoms with Gasteiger partial charge in [-0.05, 0) is 37.2 Å². The highest BCUT2D eigenvalue weighted by Gasteiger charge is 2.25. The average Bonchev–Trinajstić information content (AvgIpc) is 2.90. The summed E-state index contributed by atoms with van der Waals surface area (Å²) in [6.45, 7) is 3.62. The predicted octanol–water partition coefficient (Wildman–Crippen LogP) is 1.63. The second-order valence-corrected chi connectivity index (χ2v) is 6.05. The summed E-state index contributed by atoms with van der Waals surface area (Å²) in [6, 6.07) is 1.57. The fourth-order valence-corrected chi connectivity index (χ4v) is 2.95. The number of phenols is 1. The van der Waals surface area contributed by atoms with Crippen molar-refractivity contribution < 1.29 is 24.2 Å². The Hall–Kier alpha value is -2.81. The van der Waals surface area contributed by atoms with Crippen LogP contribution in [-0.4, -0.2) is 42.6 Å². The molecule has 25 heavy (non-hydrogen) atoms. The molecule has 1 amide bonds. The smallest absolute Gasteiger partial charge is 0.331 e. The van der Waals surface area contributed by atoms with Crippen molar-refractivity contribution in [2.75, 3.05) is 14.2 Å². The maximum atomic E-state index is 11.7. The summed E-state index contributed by atoms with van der Waals surface area (Å²) in [4.78, 5) is 23.0. The highest BCUT2D eigenvalue weighted by molar-refractivity contribution is 8.18. The topological polar surface area (TPSA) is 110 Å². The SMILES string of the molecule is COC(=O)/C=C1/S/C(=N\N=Cc2c(O)cc(C)c(OC)c2C)NC1=O. The molecule has 1 aromatic rings. The third-order valence-corrected chi connectivity index (χ3v) is 4.27. The average molecular weight is 363 g/mol. The Morgan fingerprint density at radius 1 is 1.36 bits per heavy atom. The van der Waals surface area contributed by atoms with Crippen LogP contribution in [-0.2, 0) is 14.3 Å². The van der Waals surface area contributed by atoms with E-state index in [2.05, 4.69) is 20.3 Å². The van der Waals surface area contributed by atoms with Crippen LogP contribution in [0.5, 0.6) is 11.5 Å². The van der Waals surface area contributed by atoms with Gasteiger partial charge < -0.3 is 14.6 Å². The molecule has 2 rings (SSSR count). The van der Waals surface area contributed by atoms with Gasteiger partial charge in [-0.1, -0.05) is 0 Å². The molecule has 132 valence electrons. The largest absolute Gasteiger partial charge is 0.507 e. The van der Waals surface area contributed by atoms with E-state index in [4.69, 9.17) is 4.74 Å². The van der Waals surface area contributed by atoms with E-state index in [-0.39, 0.29) is 15.8 Å². The Bertz CT molecular complexity index is 814. The number of nitrogens with one attached hydrogen (secondary N) is 1. The van der Waals surface area contributed by atoms with Gasteiger partial charge in [0, 0.05) is 17.2 Å². The van der Waals surface area contributed by atoms with E-state index >= 15 is 0 Å². The number of hydrogen-bond acceptors (Lipinski definition) is 8. The molecule has 0 unspecified atom stereocenters. The minimum atomic E-state index is -0.630. The van der Waals surface area contributed by atoms with Gasteiger partial charge in [0.25, 0.3) is 5.91 Å². The maximum absolute atomic E-state index is 11.7. The van der Waals surface area contributed by atoms with Crippen molar-refractivity contribution in [2.45, 2.75) is 13.8 Å². The lowest BCUT2D eigenvalue weighted by atomic mass is 10.0. The second kappa shape index (κ2) is 7.84. The van der Waals surface area contributed by atoms with Gasteiger partial charge in [-0.15, -0.1) is 5.10 Å². The molecule has 8 nitrogen and oxygen atoms in total. The van der Waals surface area contributed by atoms with Crippen LogP contribution in [0.1, 0.15) is 16.7 Å². The number of benzene rings is 1. The van der Waals surface area contributed by atoms with Crippen molar-refractivity contribution in [3.8, 4) is 11.5 Å². The molecule has 1 heterocycles. The summed E-state index contributed by atoms with van der Waals surface area (Å²) in [5, 5.41) is 20.5. The van der Waals surface area contributed by atoms with E-state index in [1.807, 2.05) is 6.92 Å². The summed E-state index contributed by atoms with van der Waals surface area (Å²) >= 11 is 0.965. The second-order valence-electron chi connectivity index (χ2n) is 5.02. The van der Waals surface area contributed by atoms with Crippen LogP contribution >= 0.6 is 11.8 Å². The maximum Gasteiger partial charge on any atom is 0.331 e. The van der Waals surface area contributed by atoms with Crippen LogP contribution in [0, 0.1) is 13.8 Å². The number of amidine groups is 1. The highest BCUT2D eigenvalue weighted by atomic mass is 32.2. The summed E-state index contributed by atoms with van der Waals surface area (Å²) in [6.07, 6.45) is 2.45. The highest BCUT2D eigenvalue weighted by Crippen LogP contribution is 2.31. The van der Waals surface area contributed by atoms with E-state index in [9.17, 15) is 14.7 Å². The van der Waals surface area contributed by atoms with Gasteiger partial charge in [-0.25, -0.2) is 4.79 Å². The van der Waals surface area contributed by atoms with E-state index in [0.717, 1.165) is 29.0 Å². The number of aryl methyl sites for hydroxylation is 1. The molecule has 0 bridgehead atoms. The number of ether oxygens (including phenoxy) is 2. The number of phenolic OH excluding ortho intramolecular Hbond substituents is 1. The molecule has 0 atom stereocenters. The van der Waals surface area contributed by atoms with Gasteiger partial charge in [0.05, 0.1) is 25.3 Å². The fourth-order valence-electron chi connectivity index (χ4n) is 2.22. The molecular weight excluding hydrogens is 346 g/mol. The lowest BCUT2D eigenvalue weighted by Crippen LogP contribution is -2.19. The first-order valence-electron chi connectivity index (χ1n) is 7.14. The molecule has 0 aromatic heterocycles. The van der Waals surface area contributed by atoms with Gasteiger partial charge in [0.1, 0.15) is 11.5 Å². The third-order valence-electron chi connectivity index (χ3n) is 3.37. The number of carbonyl (C=O) groups excluding carboxylic acids is 2. The summed E-state index contributed by atoms with van der Waals surface area (Å²) < 4.78 is 9.78. The number of methoxy groups -OCH3 is 2. The Morgan fingerprint density at radius 2 is 2.08 bits per heavy atom. The minimum absolute atomic E-state index is 0.0501. The van der Waals surface area contributed by atoms with Gasteiger partial charge in [-0.3, -0.25) is 10.1 Å². The molecule has 2 N–H and O–H groups in total. The Labute approximate surface area is 148 Å². The summed E-state index contributed by atoms with van der Waals surface area (Å²) in [5.41, 5.74) is 1.99. The zero-order valence-corrected chi connectivity index (χ0v) is 14.9. The number of carbonyl (C=O) groups is 2. The number of esters is 1. The Kier molecular flexibility index (Phi) is 5.81. The fraction of sp³-hybridized carbons (Fsp3) is 0.250. The van der Waals surface area contributed by atoms with E-state index in [1.54, 1.807) is 20.1 Å². The summed E-state index contributed by atoms with van der Waals surface area (Å²) in [7, 11) is 2.77. The number of thioether (sulfide) groups is 1. The number of nitrogens with zero attached hydrogens (tertiary/aromatic N) is 2. The predicted molar refractivity (Wildman–Crippen MR) is 95.0 cm³/mol. The molecule has 1 aliphatic rings. The van der Waals surface area contributed by atoms with Crippen molar-refractivity contribution in [3.63, 3.8) is 0 Å². The monoisotopic (exact) mass is 363 g/mol. The number of amides is 1. The van der Waals surface area contributed by atoms with E-state index in [1.165, 1.54) is 13.3 Å². The molecule has 1 saturated heterocycles. The molecule has 0 saturated carbocycles. The van der Waals surface area contributed by atoms with Crippen molar-refractivity contribution in [1.29, 1.82) is 0 Å². The van der Waals surface area contributed by atoms with Crippen LogP contribution in [0.4, 0.5) is 0 Å². The van der Waals surface area contributed by atoms with Gasteiger partial charge in [0.2, 0.25) is 0 Å². The number of rotatable bonds is 4. The third kappa shape index (κ3) is 4.18. The van der Waals surface area contributed by atoms with Crippen molar-refractivity contribution >= 4 is 35.0 Å². The van der Waals surface area contributed by atoms with Gasteiger partial charge in [-0.2, -0.15) is 5.10 Å². The van der Waals surface area contributed by atoms with E-state index in [0.29, 0.717) is 11.3 Å². The Balaban J connectivity index is 2.22. The standard InChI is InChI=1S/C16H17N3O5S/c1-8-5-11(20)10(9(2)14(8)24-4)7-17-19-16-18-15(22)12(25-16)6-13(21)23-3/h5-7,20H,1-4H3,(H,18,19,22)/b12-6+,17-7?. The number of aromatic hydroxyl groups is 1. The minimum Gasteiger partial charge on any atom is -0.507 e. The van der Waals surface area contributed by atoms with Crippen LogP contribution in [0.25, 0.3) is 0 Å². The van der Waals surface area contributed by atoms with Crippen molar-refractivity contribution in [3.05, 3.63) is 33.7 Å². The number of hydrogen-bond donors (Lipinski definition) is 2. The first kappa shape index (κ1) is 18.5. The quantitative estimate of drug-likeness (QED) is 0.364. The molecule has 0 aliphatic carbocycles.